The van der Waals surface area contributed by atoms with Gasteiger partial charge in [-0.3, -0.25) is 0 Å². The van der Waals surface area contributed by atoms with Crippen molar-refractivity contribution in [3.05, 3.63) is 134 Å². The molecule has 0 amide bonds. The monoisotopic (exact) mass is 329 g/mol. The molecule has 0 atom stereocenters. The van der Waals surface area contributed by atoms with Crippen molar-refractivity contribution in [3.63, 3.8) is 0 Å². The van der Waals surface area contributed by atoms with Crippen molar-refractivity contribution in [1.82, 2.24) is 0 Å². The molecular formula is C25H29. The van der Waals surface area contributed by atoms with Gasteiger partial charge in [-0.15, -0.1) is 0 Å². The van der Waals surface area contributed by atoms with E-state index in [0.717, 1.165) is 6.42 Å². The van der Waals surface area contributed by atoms with E-state index in [0.29, 0.717) is 0 Å². The van der Waals surface area contributed by atoms with Gasteiger partial charge in [-0.05, 0) is 6.42 Å². The highest BCUT2D eigenvalue weighted by atomic mass is 13.8. The highest BCUT2D eigenvalue weighted by molar-refractivity contribution is 5.22. The lowest BCUT2D eigenvalue weighted by molar-refractivity contribution is 0.959. The molecule has 0 fully saturated rings. The van der Waals surface area contributed by atoms with E-state index in [1.54, 1.807) is 6.08 Å². The van der Waals surface area contributed by atoms with Crippen molar-refractivity contribution in [2.45, 2.75) is 19.8 Å². The molecule has 0 aliphatic carbocycles. The van der Waals surface area contributed by atoms with Gasteiger partial charge in [0.15, 0.2) is 0 Å². The molecule has 129 valence electrons. The Kier molecular flexibility index (Phi) is 18.7. The fraction of sp³-hybridized carbons (Fsp3) is 0.120. The van der Waals surface area contributed by atoms with Gasteiger partial charge in [0.05, 0.1) is 0 Å². The third kappa shape index (κ3) is 21.1. The van der Waals surface area contributed by atoms with E-state index in [2.05, 4.69) is 19.1 Å². The number of unbranched alkanes of at least 4 members (excludes halogenated alkanes) is 1. The molecule has 0 aliphatic rings. The zero-order valence-electron chi connectivity index (χ0n) is 15.1. The molecule has 0 aromatic rings. The third-order valence-electron chi connectivity index (χ3n) is 2.70. The van der Waals surface area contributed by atoms with E-state index in [1.807, 2.05) is 103 Å². The second-order valence-corrected chi connectivity index (χ2v) is 4.87. The average molecular weight is 330 g/mol. The summed E-state index contributed by atoms with van der Waals surface area (Å²) < 4.78 is 0. The second kappa shape index (κ2) is 21.1. The predicted molar refractivity (Wildman–Crippen MR) is 115 cm³/mol. The molecule has 0 aromatic heterocycles. The highest BCUT2D eigenvalue weighted by Gasteiger charge is 1.69. The minimum atomic E-state index is 1.14. The van der Waals surface area contributed by atoms with Crippen LogP contribution in [0, 0.1) is 6.58 Å². The van der Waals surface area contributed by atoms with Crippen LogP contribution in [-0.4, -0.2) is 0 Å². The van der Waals surface area contributed by atoms with E-state index in [1.165, 1.54) is 12.5 Å². The maximum atomic E-state index is 5.21. The van der Waals surface area contributed by atoms with Crippen LogP contribution in [0.5, 0.6) is 0 Å². The third-order valence-corrected chi connectivity index (χ3v) is 2.70. The topological polar surface area (TPSA) is 0 Å². The normalized spacial score (nSPS) is 14.3. The Morgan fingerprint density at radius 3 is 1.00 bits per heavy atom. The molecule has 0 bridgehead atoms. The van der Waals surface area contributed by atoms with Crippen LogP contribution in [0.3, 0.4) is 0 Å². The van der Waals surface area contributed by atoms with Crippen LogP contribution in [0.2, 0.25) is 0 Å². The van der Waals surface area contributed by atoms with Crippen molar-refractivity contribution >= 4 is 0 Å². The van der Waals surface area contributed by atoms with Gasteiger partial charge in [0, 0.05) is 0 Å². The van der Waals surface area contributed by atoms with Crippen LogP contribution < -0.4 is 0 Å². The summed E-state index contributed by atoms with van der Waals surface area (Å²) in [5, 5.41) is 0. The standard InChI is InChI=1S/C25H29/c1-3-5-7-9-11-13-15-17-19-21-23-25-24-22-20-18-16-14-12-10-8-6-4-2/h1,3,5,7-25H,4,6H2,2H3. The molecule has 0 unspecified atom stereocenters. The molecule has 0 N–H and O–H groups in total. The van der Waals surface area contributed by atoms with Crippen LogP contribution in [0.25, 0.3) is 0 Å². The Balaban J connectivity index is 3.88. The number of rotatable bonds is 12. The maximum Gasteiger partial charge on any atom is -0.0350 e. The van der Waals surface area contributed by atoms with Gasteiger partial charge in [0.1, 0.15) is 0 Å². The summed E-state index contributed by atoms with van der Waals surface area (Å²) in [4.78, 5) is 0. The van der Waals surface area contributed by atoms with E-state index in [-0.39, 0.29) is 0 Å². The summed E-state index contributed by atoms with van der Waals surface area (Å²) in [6.07, 6.45) is 43.6. The molecule has 0 saturated heterocycles. The molecule has 0 rings (SSSR count). The van der Waals surface area contributed by atoms with Crippen LogP contribution in [0.4, 0.5) is 0 Å². The zero-order valence-corrected chi connectivity index (χ0v) is 15.1. The van der Waals surface area contributed by atoms with Gasteiger partial charge in [0.2, 0.25) is 0 Å². The quantitative estimate of drug-likeness (QED) is 0.329. The first-order valence-corrected chi connectivity index (χ1v) is 8.62. The van der Waals surface area contributed by atoms with Gasteiger partial charge in [-0.25, -0.2) is 0 Å². The summed E-state index contributed by atoms with van der Waals surface area (Å²) in [7, 11) is 0. The van der Waals surface area contributed by atoms with E-state index < -0.39 is 0 Å². The zero-order chi connectivity index (χ0) is 18.3. The summed E-state index contributed by atoms with van der Waals surface area (Å²) in [6, 6.07) is 0. The maximum absolute atomic E-state index is 5.21. The highest BCUT2D eigenvalue weighted by Crippen LogP contribution is 1.90. The minimum Gasteiger partial charge on any atom is -0.0845 e. The van der Waals surface area contributed by atoms with Gasteiger partial charge in [-0.1, -0.05) is 148 Å². The summed E-state index contributed by atoms with van der Waals surface area (Å²) in [5.41, 5.74) is 0. The molecule has 0 aromatic carbocycles. The molecule has 0 heteroatoms. The number of allylic oxidation sites excluding steroid dienone is 21. The lowest BCUT2D eigenvalue weighted by atomic mass is 10.3. The van der Waals surface area contributed by atoms with Gasteiger partial charge in [-0.2, -0.15) is 0 Å². The summed E-state index contributed by atoms with van der Waals surface area (Å²) in [6.45, 7) is 7.39. The molecule has 1 radical (unpaired) electrons. The summed E-state index contributed by atoms with van der Waals surface area (Å²) in [5.74, 6) is 0. The van der Waals surface area contributed by atoms with Crippen molar-refractivity contribution in [2.24, 2.45) is 0 Å². The van der Waals surface area contributed by atoms with Crippen molar-refractivity contribution in [1.29, 1.82) is 0 Å². The van der Waals surface area contributed by atoms with Crippen LogP contribution in [-0.2, 0) is 0 Å². The fourth-order valence-corrected chi connectivity index (χ4v) is 1.50. The van der Waals surface area contributed by atoms with Crippen LogP contribution >= 0.6 is 0 Å². The Morgan fingerprint density at radius 1 is 0.440 bits per heavy atom. The van der Waals surface area contributed by atoms with Crippen LogP contribution in [0.15, 0.2) is 128 Å². The number of hydrogen-bond donors (Lipinski definition) is 0. The minimum absolute atomic E-state index is 1.14. The SMILES string of the molecule is [CH]=CC=CC=CC=CC=CC=CC=CC=CC=CC=CC=CCCC. The molecule has 0 saturated carbocycles. The fourth-order valence-electron chi connectivity index (χ4n) is 1.50. The molecule has 0 nitrogen and oxygen atoms in total. The first-order chi connectivity index (χ1) is 12.4. The van der Waals surface area contributed by atoms with Gasteiger partial charge >= 0.3 is 0 Å². The molecule has 0 aliphatic heterocycles. The second-order valence-electron chi connectivity index (χ2n) is 4.87. The first-order valence-electron chi connectivity index (χ1n) is 8.62. The largest absolute Gasteiger partial charge is 0.0845 e. The van der Waals surface area contributed by atoms with Crippen molar-refractivity contribution in [2.75, 3.05) is 0 Å². The Morgan fingerprint density at radius 2 is 0.720 bits per heavy atom. The van der Waals surface area contributed by atoms with E-state index in [9.17, 15) is 0 Å². The molecule has 0 spiro atoms. The van der Waals surface area contributed by atoms with E-state index >= 15 is 0 Å². The van der Waals surface area contributed by atoms with Crippen LogP contribution in [0.1, 0.15) is 19.8 Å². The molecular weight excluding hydrogens is 300 g/mol. The van der Waals surface area contributed by atoms with E-state index in [4.69, 9.17) is 6.58 Å². The predicted octanol–water partition coefficient (Wildman–Crippen LogP) is 7.34. The Bertz CT molecular complexity index is 594. The number of hydrogen-bond acceptors (Lipinski definition) is 0. The summed E-state index contributed by atoms with van der Waals surface area (Å²) >= 11 is 0. The lowest BCUT2D eigenvalue weighted by Crippen LogP contribution is -1.58. The van der Waals surface area contributed by atoms with Crippen molar-refractivity contribution in [3.8, 4) is 0 Å². The molecule has 25 heavy (non-hydrogen) atoms. The first kappa shape index (κ1) is 22.1. The Hall–Kier alpha value is -2.86. The smallest absolute Gasteiger partial charge is 0.0350 e. The van der Waals surface area contributed by atoms with Gasteiger partial charge in [0.25, 0.3) is 0 Å². The van der Waals surface area contributed by atoms with Gasteiger partial charge < -0.3 is 0 Å². The average Bonchev–Trinajstić information content (AvgIpc) is 2.63. The molecule has 0 heterocycles. The van der Waals surface area contributed by atoms with Crippen molar-refractivity contribution < 1.29 is 0 Å². The lowest BCUT2D eigenvalue weighted by Gasteiger charge is -1.79. The Labute approximate surface area is 154 Å².